The number of aryl methyl sites for hydroxylation is 1. The molecule has 1 atom stereocenters. The van der Waals surface area contributed by atoms with E-state index in [1.165, 1.54) is 0 Å². The first kappa shape index (κ1) is 14.4. The van der Waals surface area contributed by atoms with Crippen LogP contribution in [0.25, 0.3) is 0 Å². The first-order valence-corrected chi connectivity index (χ1v) is 6.67. The van der Waals surface area contributed by atoms with Gasteiger partial charge in [-0.1, -0.05) is 0 Å². The van der Waals surface area contributed by atoms with Crippen molar-refractivity contribution < 1.29 is 14.7 Å². The topological polar surface area (TPSA) is 78.7 Å². The fraction of sp³-hybridized carbons (Fsp3) is 0.615. The minimum absolute atomic E-state index is 0.125. The van der Waals surface area contributed by atoms with Crippen molar-refractivity contribution >= 4 is 12.0 Å². The zero-order chi connectivity index (χ0) is 14.7. The Bertz CT molecular complexity index is 500. The second-order valence-corrected chi connectivity index (χ2v) is 5.28. The van der Waals surface area contributed by atoms with Gasteiger partial charge < -0.3 is 14.9 Å². The fourth-order valence-electron chi connectivity index (χ4n) is 2.49. The van der Waals surface area contributed by atoms with Crippen LogP contribution >= 0.6 is 0 Å². The summed E-state index contributed by atoms with van der Waals surface area (Å²) in [6.45, 7) is 1.40. The second-order valence-electron chi connectivity index (χ2n) is 5.28. The van der Waals surface area contributed by atoms with Gasteiger partial charge in [0.2, 0.25) is 0 Å². The molecule has 1 fully saturated rings. The van der Waals surface area contributed by atoms with Gasteiger partial charge in [0.1, 0.15) is 0 Å². The second kappa shape index (κ2) is 5.94. The van der Waals surface area contributed by atoms with Gasteiger partial charge in [0, 0.05) is 38.9 Å². The summed E-state index contributed by atoms with van der Waals surface area (Å²) in [5.74, 6) is -1.27. The van der Waals surface area contributed by atoms with Crippen molar-refractivity contribution in [2.24, 2.45) is 13.0 Å². The SMILES string of the molecule is CN(Cc1cnn(C)c1)C(=O)N1CCC[C@H](C(=O)O)C1. The highest BCUT2D eigenvalue weighted by molar-refractivity contribution is 5.76. The van der Waals surface area contributed by atoms with Gasteiger partial charge in [-0.15, -0.1) is 0 Å². The van der Waals surface area contributed by atoms with Crippen molar-refractivity contribution in [2.45, 2.75) is 19.4 Å². The van der Waals surface area contributed by atoms with E-state index in [1.54, 1.807) is 27.7 Å². The van der Waals surface area contributed by atoms with Gasteiger partial charge in [-0.05, 0) is 12.8 Å². The highest BCUT2D eigenvalue weighted by Crippen LogP contribution is 2.18. The van der Waals surface area contributed by atoms with E-state index in [9.17, 15) is 9.59 Å². The smallest absolute Gasteiger partial charge is 0.320 e. The van der Waals surface area contributed by atoms with Crippen molar-refractivity contribution in [2.75, 3.05) is 20.1 Å². The molecule has 0 aliphatic carbocycles. The molecule has 0 unspecified atom stereocenters. The molecule has 20 heavy (non-hydrogen) atoms. The van der Waals surface area contributed by atoms with Gasteiger partial charge in [-0.25, -0.2) is 4.79 Å². The van der Waals surface area contributed by atoms with Gasteiger partial charge in [0.15, 0.2) is 0 Å². The number of carbonyl (C=O) groups excluding carboxylic acids is 1. The van der Waals surface area contributed by atoms with Crippen LogP contribution in [-0.4, -0.2) is 56.8 Å². The average Bonchev–Trinajstić information content (AvgIpc) is 2.83. The van der Waals surface area contributed by atoms with Crippen molar-refractivity contribution in [3.8, 4) is 0 Å². The number of urea groups is 1. The maximum absolute atomic E-state index is 12.3. The van der Waals surface area contributed by atoms with Gasteiger partial charge in [0.05, 0.1) is 18.7 Å². The predicted molar refractivity (Wildman–Crippen MR) is 72.0 cm³/mol. The Morgan fingerprint density at radius 3 is 2.90 bits per heavy atom. The molecule has 1 saturated heterocycles. The fourth-order valence-corrected chi connectivity index (χ4v) is 2.49. The van der Waals surface area contributed by atoms with Crippen molar-refractivity contribution in [1.29, 1.82) is 0 Å². The predicted octanol–water partition coefficient (Wildman–Crippen LogP) is 0.769. The number of hydrogen-bond acceptors (Lipinski definition) is 3. The standard InChI is InChI=1S/C13H20N4O3/c1-15(7-10-6-14-16(2)8-10)13(20)17-5-3-4-11(9-17)12(18)19/h6,8,11H,3-5,7,9H2,1-2H3,(H,18,19)/t11-/m0/s1. The van der Waals surface area contributed by atoms with Crippen LogP contribution in [0.3, 0.4) is 0 Å². The van der Waals surface area contributed by atoms with E-state index in [2.05, 4.69) is 5.10 Å². The third-order valence-electron chi connectivity index (χ3n) is 3.55. The number of carboxylic acids is 1. The summed E-state index contributed by atoms with van der Waals surface area (Å²) in [6, 6.07) is -0.125. The summed E-state index contributed by atoms with van der Waals surface area (Å²) >= 11 is 0. The van der Waals surface area contributed by atoms with Crippen LogP contribution in [0, 0.1) is 5.92 Å². The number of hydrogen-bond donors (Lipinski definition) is 1. The Balaban J connectivity index is 1.94. The number of aromatic nitrogens is 2. The summed E-state index contributed by atoms with van der Waals surface area (Å²) in [7, 11) is 3.55. The van der Waals surface area contributed by atoms with Gasteiger partial charge in [-0.3, -0.25) is 9.48 Å². The van der Waals surface area contributed by atoms with E-state index in [1.807, 2.05) is 13.2 Å². The number of rotatable bonds is 3. The molecule has 0 spiro atoms. The Hall–Kier alpha value is -2.05. The van der Waals surface area contributed by atoms with Crippen LogP contribution in [0.15, 0.2) is 12.4 Å². The van der Waals surface area contributed by atoms with E-state index in [0.717, 1.165) is 12.0 Å². The van der Waals surface area contributed by atoms with Crippen LogP contribution in [0.2, 0.25) is 0 Å². The lowest BCUT2D eigenvalue weighted by Gasteiger charge is -2.33. The van der Waals surface area contributed by atoms with Crippen molar-refractivity contribution in [3.05, 3.63) is 18.0 Å². The molecule has 0 bridgehead atoms. The quantitative estimate of drug-likeness (QED) is 0.887. The Morgan fingerprint density at radius 2 is 2.30 bits per heavy atom. The molecule has 1 N–H and O–H groups in total. The number of nitrogens with zero attached hydrogens (tertiary/aromatic N) is 4. The molecule has 2 rings (SSSR count). The molecule has 7 nitrogen and oxygen atoms in total. The molecular formula is C13H20N4O3. The lowest BCUT2D eigenvalue weighted by Crippen LogP contribution is -2.47. The summed E-state index contributed by atoms with van der Waals surface area (Å²) < 4.78 is 1.69. The zero-order valence-electron chi connectivity index (χ0n) is 11.8. The molecule has 1 aliphatic rings. The maximum Gasteiger partial charge on any atom is 0.320 e. The number of aliphatic carboxylic acids is 1. The molecule has 1 aromatic rings. The van der Waals surface area contributed by atoms with Gasteiger partial charge in [-0.2, -0.15) is 5.10 Å². The first-order chi connectivity index (χ1) is 9.47. The van der Waals surface area contributed by atoms with Crippen LogP contribution in [0.5, 0.6) is 0 Å². The molecule has 0 saturated carbocycles. The zero-order valence-corrected chi connectivity index (χ0v) is 11.8. The monoisotopic (exact) mass is 280 g/mol. The summed E-state index contributed by atoms with van der Waals surface area (Å²) in [4.78, 5) is 26.6. The number of carbonyl (C=O) groups is 2. The highest BCUT2D eigenvalue weighted by Gasteiger charge is 2.29. The van der Waals surface area contributed by atoms with Gasteiger partial charge >= 0.3 is 12.0 Å². The molecule has 1 aliphatic heterocycles. The highest BCUT2D eigenvalue weighted by atomic mass is 16.4. The number of piperidine rings is 1. The largest absolute Gasteiger partial charge is 0.481 e. The average molecular weight is 280 g/mol. The number of carboxylic acid groups (broad SMARTS) is 1. The minimum atomic E-state index is -0.822. The van der Waals surface area contributed by atoms with Crippen LogP contribution in [0.1, 0.15) is 18.4 Å². The minimum Gasteiger partial charge on any atom is -0.481 e. The molecule has 0 aromatic carbocycles. The molecule has 2 amide bonds. The van der Waals surface area contributed by atoms with E-state index in [4.69, 9.17) is 5.11 Å². The van der Waals surface area contributed by atoms with Gasteiger partial charge in [0.25, 0.3) is 0 Å². The van der Waals surface area contributed by atoms with Crippen LogP contribution in [-0.2, 0) is 18.4 Å². The normalized spacial score (nSPS) is 18.9. The Morgan fingerprint density at radius 1 is 1.55 bits per heavy atom. The Labute approximate surface area is 117 Å². The first-order valence-electron chi connectivity index (χ1n) is 6.67. The van der Waals surface area contributed by atoms with E-state index in [0.29, 0.717) is 26.1 Å². The van der Waals surface area contributed by atoms with Crippen molar-refractivity contribution in [1.82, 2.24) is 19.6 Å². The molecule has 7 heteroatoms. The molecule has 0 radical (unpaired) electrons. The number of amides is 2. The molecular weight excluding hydrogens is 260 g/mol. The summed E-state index contributed by atoms with van der Waals surface area (Å²) in [5, 5.41) is 13.1. The van der Waals surface area contributed by atoms with E-state index in [-0.39, 0.29) is 6.03 Å². The van der Waals surface area contributed by atoms with Crippen LogP contribution in [0.4, 0.5) is 4.79 Å². The lowest BCUT2D eigenvalue weighted by atomic mass is 9.99. The third-order valence-corrected chi connectivity index (χ3v) is 3.55. The number of likely N-dealkylation sites (tertiary alicyclic amines) is 1. The summed E-state index contributed by atoms with van der Waals surface area (Å²) in [5.41, 5.74) is 0.954. The molecule has 1 aromatic heterocycles. The lowest BCUT2D eigenvalue weighted by molar-refractivity contribution is -0.143. The van der Waals surface area contributed by atoms with Crippen molar-refractivity contribution in [3.63, 3.8) is 0 Å². The van der Waals surface area contributed by atoms with E-state index >= 15 is 0 Å². The maximum atomic E-state index is 12.3. The van der Waals surface area contributed by atoms with E-state index < -0.39 is 11.9 Å². The molecule has 2 heterocycles. The summed E-state index contributed by atoms with van der Waals surface area (Å²) in [6.07, 6.45) is 4.97. The Kier molecular flexibility index (Phi) is 4.26. The third kappa shape index (κ3) is 3.28. The van der Waals surface area contributed by atoms with Crippen LogP contribution < -0.4 is 0 Å². The molecule has 110 valence electrons.